The number of carbonyl (C=O) groups is 1. The molecule has 3 aromatic carbocycles. The second-order valence-corrected chi connectivity index (χ2v) is 5.53. The van der Waals surface area contributed by atoms with Crippen LogP contribution in [0.4, 0.5) is 5.69 Å². The van der Waals surface area contributed by atoms with Gasteiger partial charge in [-0.05, 0) is 24.4 Å². The Bertz CT molecular complexity index is 807. The van der Waals surface area contributed by atoms with Crippen LogP contribution in [0, 0.1) is 0 Å². The number of nitrogens with one attached hydrogen (secondary N) is 1. The number of carbonyl (C=O) groups excluding carboxylic acids is 1. The topological polar surface area (TPSA) is 32.3 Å². The third-order valence-electron chi connectivity index (χ3n) is 3.45. The summed E-state index contributed by atoms with van der Waals surface area (Å²) < 4.78 is 0. The predicted octanol–water partition coefficient (Wildman–Crippen LogP) is 4.07. The second kappa shape index (κ2) is 9.13. The van der Waals surface area contributed by atoms with E-state index >= 15 is 0 Å². The molecule has 1 heterocycles. The number of rotatable bonds is 2. The maximum absolute atomic E-state index is 12.4. The molecule has 1 amide bonds. The summed E-state index contributed by atoms with van der Waals surface area (Å²) in [4.78, 5) is 13.9. The Labute approximate surface area is 163 Å². The van der Waals surface area contributed by atoms with Gasteiger partial charge < -0.3 is 46.0 Å². The summed E-state index contributed by atoms with van der Waals surface area (Å²) in [5.41, 5.74) is 2.25. The van der Waals surface area contributed by atoms with Crippen LogP contribution < -0.4 is 10.2 Å². The first-order valence-electron chi connectivity index (χ1n) is 7.56. The van der Waals surface area contributed by atoms with Crippen molar-refractivity contribution in [2.75, 3.05) is 4.90 Å². The van der Waals surface area contributed by atoms with E-state index in [1.165, 1.54) is 4.90 Å². The summed E-state index contributed by atoms with van der Waals surface area (Å²) in [6.45, 7) is 0. The molecule has 0 spiro atoms. The number of thiocarbonyl (C=S) groups is 1. The van der Waals surface area contributed by atoms with Crippen LogP contribution in [0.5, 0.6) is 0 Å². The van der Waals surface area contributed by atoms with E-state index in [2.05, 4.69) is 5.32 Å². The van der Waals surface area contributed by atoms with Crippen molar-refractivity contribution in [3.05, 3.63) is 96.2 Å². The number of nitrogens with zero attached hydrogens (tertiary/aromatic N) is 1. The summed E-state index contributed by atoms with van der Waals surface area (Å²) in [5.74, 6) is -0.127. The van der Waals surface area contributed by atoms with Crippen LogP contribution in [0.3, 0.4) is 0 Å². The van der Waals surface area contributed by atoms with Gasteiger partial charge in [0.2, 0.25) is 0 Å². The minimum absolute atomic E-state index is 0. The van der Waals surface area contributed by atoms with E-state index < -0.39 is 0 Å². The maximum Gasteiger partial charge on any atom is 0.157 e. The molecule has 5 heteroatoms. The van der Waals surface area contributed by atoms with Crippen molar-refractivity contribution >= 4 is 35.0 Å². The predicted molar refractivity (Wildman–Crippen MR) is 102 cm³/mol. The summed E-state index contributed by atoms with van der Waals surface area (Å²) in [6, 6.07) is 27.1. The molecule has 0 aromatic heterocycles. The first-order valence-corrected chi connectivity index (χ1v) is 7.97. The zero-order chi connectivity index (χ0) is 16.8. The average Bonchev–Trinajstić information content (AvgIpc) is 3.35. The summed E-state index contributed by atoms with van der Waals surface area (Å²) >= 11 is 5.23. The third-order valence-corrected chi connectivity index (χ3v) is 3.73. The fourth-order valence-corrected chi connectivity index (χ4v) is 2.62. The van der Waals surface area contributed by atoms with Crippen molar-refractivity contribution in [1.82, 2.24) is 5.32 Å². The van der Waals surface area contributed by atoms with Crippen molar-refractivity contribution in [3.63, 3.8) is 0 Å². The van der Waals surface area contributed by atoms with Gasteiger partial charge in [-0.25, -0.2) is 12.1 Å². The number of hydrogen-bond acceptors (Lipinski definition) is 2. The van der Waals surface area contributed by atoms with Gasteiger partial charge in [-0.1, -0.05) is 18.2 Å². The van der Waals surface area contributed by atoms with Gasteiger partial charge in [0.25, 0.3) is 0 Å². The van der Waals surface area contributed by atoms with Crippen LogP contribution in [0.1, 0.15) is 5.56 Å². The molecule has 1 aliphatic heterocycles. The zero-order valence-electron chi connectivity index (χ0n) is 13.3. The van der Waals surface area contributed by atoms with Gasteiger partial charge >= 0.3 is 0 Å². The molecule has 3 aromatic rings. The van der Waals surface area contributed by atoms with E-state index in [1.807, 2.05) is 84.9 Å². The van der Waals surface area contributed by atoms with Gasteiger partial charge in [-0.3, -0.25) is 10.6 Å². The van der Waals surface area contributed by atoms with E-state index in [0.717, 1.165) is 11.3 Å². The number of anilines is 1. The zero-order valence-corrected chi connectivity index (χ0v) is 15.2. The minimum atomic E-state index is -0.127. The fraction of sp³-hybridized carbons (Fsp3) is 0. The van der Waals surface area contributed by atoms with Gasteiger partial charge in [0, 0.05) is 22.8 Å². The molecule has 1 N–H and O–H groups in total. The standard InChI is InChI=1S/C15H11N2OS.C5H5.Fe/c18-14-13(10-11-6-4-5-7-11)16-15(19)17(14)12-8-2-1-3-9-12;1-2-4-5-3-1;/h1-10H,(H,16,19);1-5H;/q-5;-1;/b13-10-;;. The van der Waals surface area contributed by atoms with Crippen LogP contribution in [0.15, 0.2) is 90.6 Å². The molecule has 132 valence electrons. The molecule has 0 radical (unpaired) electrons. The third kappa shape index (κ3) is 4.77. The molecule has 3 nitrogen and oxygen atoms in total. The van der Waals surface area contributed by atoms with E-state index in [1.54, 1.807) is 6.08 Å². The molecule has 0 aliphatic carbocycles. The van der Waals surface area contributed by atoms with Gasteiger partial charge in [-0.2, -0.15) is 18.2 Å². The monoisotopic (exact) mass is 388 g/mol. The number of amides is 1. The van der Waals surface area contributed by atoms with Crippen LogP contribution >= 0.6 is 12.2 Å². The Kier molecular flexibility index (Phi) is 6.90. The molecule has 0 unspecified atom stereocenters. The summed E-state index contributed by atoms with van der Waals surface area (Å²) in [5, 5.41) is 3.37. The largest absolute Gasteiger partial charge is 0.685 e. The van der Waals surface area contributed by atoms with Crippen molar-refractivity contribution in [3.8, 4) is 0 Å². The molecule has 4 rings (SSSR count). The van der Waals surface area contributed by atoms with Gasteiger partial charge in [0.05, 0.1) is 0 Å². The van der Waals surface area contributed by atoms with Crippen LogP contribution in [0.2, 0.25) is 0 Å². The smallest absolute Gasteiger partial charge is 0.157 e. The number of benzene rings is 1. The van der Waals surface area contributed by atoms with Crippen molar-refractivity contribution < 1.29 is 21.9 Å². The van der Waals surface area contributed by atoms with E-state index in [0.29, 0.717) is 10.8 Å². The Morgan fingerprint density at radius 3 is 2.24 bits per heavy atom. The molecule has 1 fully saturated rings. The molecular weight excluding hydrogens is 372 g/mol. The molecular formula is C20H16FeN2OS-6. The normalized spacial score (nSPS) is 14.6. The van der Waals surface area contributed by atoms with E-state index in [9.17, 15) is 4.79 Å². The Hall–Kier alpha value is -2.46. The maximum atomic E-state index is 12.4. The van der Waals surface area contributed by atoms with Gasteiger partial charge in [0.15, 0.2) is 5.11 Å². The fourth-order valence-electron chi connectivity index (χ4n) is 2.32. The van der Waals surface area contributed by atoms with Crippen molar-refractivity contribution in [2.45, 2.75) is 0 Å². The summed E-state index contributed by atoms with van der Waals surface area (Å²) in [6.07, 6.45) is 1.80. The van der Waals surface area contributed by atoms with Crippen molar-refractivity contribution in [2.24, 2.45) is 0 Å². The van der Waals surface area contributed by atoms with Crippen LogP contribution in [-0.4, -0.2) is 11.0 Å². The van der Waals surface area contributed by atoms with E-state index in [-0.39, 0.29) is 23.0 Å². The SMILES string of the molecule is O=C1/C(=C/[c-]2[cH-][cH-][cH-][cH-]2)NC(=S)N1c1ccccc1.[Fe].c1cc[cH-]c1. The molecule has 25 heavy (non-hydrogen) atoms. The quantitative estimate of drug-likeness (QED) is 0.311. The molecule has 0 atom stereocenters. The molecule has 0 saturated carbocycles. The van der Waals surface area contributed by atoms with E-state index in [4.69, 9.17) is 12.2 Å². The molecule has 1 saturated heterocycles. The number of hydrogen-bond donors (Lipinski definition) is 1. The Balaban J connectivity index is 0.000000325. The Morgan fingerprint density at radius 1 is 1.04 bits per heavy atom. The second-order valence-electron chi connectivity index (χ2n) is 5.14. The van der Waals surface area contributed by atoms with Crippen molar-refractivity contribution in [1.29, 1.82) is 0 Å². The van der Waals surface area contributed by atoms with Gasteiger partial charge in [0.1, 0.15) is 5.91 Å². The first kappa shape index (κ1) is 18.9. The molecule has 1 aliphatic rings. The van der Waals surface area contributed by atoms with Crippen LogP contribution in [0.25, 0.3) is 6.08 Å². The van der Waals surface area contributed by atoms with Crippen LogP contribution in [-0.2, 0) is 21.9 Å². The molecule has 0 bridgehead atoms. The van der Waals surface area contributed by atoms with Gasteiger partial charge in [-0.15, -0.1) is 0 Å². The minimum Gasteiger partial charge on any atom is -0.685 e. The Morgan fingerprint density at radius 2 is 1.68 bits per heavy atom. The average molecular weight is 388 g/mol. The first-order chi connectivity index (χ1) is 11.8. The number of para-hydroxylation sites is 1. The summed E-state index contributed by atoms with van der Waals surface area (Å²) in [7, 11) is 0.